The highest BCUT2D eigenvalue weighted by Gasteiger charge is 2.00. The second-order valence-corrected chi connectivity index (χ2v) is 2.50. The third-order valence-electron chi connectivity index (χ3n) is 0.924. The van der Waals surface area contributed by atoms with E-state index in [0.29, 0.717) is 5.69 Å². The van der Waals surface area contributed by atoms with E-state index in [2.05, 4.69) is 20.9 Å². The van der Waals surface area contributed by atoms with Gasteiger partial charge in [-0.25, -0.2) is 0 Å². The summed E-state index contributed by atoms with van der Waals surface area (Å²) in [5.74, 6) is 0. The molecule has 0 spiro atoms. The molecule has 0 radical (unpaired) electrons. The van der Waals surface area contributed by atoms with E-state index in [9.17, 15) is 0 Å². The molecular formula is C6H4BrN2+. The standard InChI is InChI=1S/C6H4BrN2/c7-5-2-1-3-6(4-5)9-8/h1-4H/q+1. The number of rotatable bonds is 0. The number of hydrogen-bond acceptors (Lipinski definition) is 1. The Kier molecular flexibility index (Phi) is 1.81. The van der Waals surface area contributed by atoms with E-state index >= 15 is 0 Å². The summed E-state index contributed by atoms with van der Waals surface area (Å²) in [7, 11) is 0. The fourth-order valence-electron chi connectivity index (χ4n) is 0.538. The molecule has 0 heterocycles. The third kappa shape index (κ3) is 1.51. The Labute approximate surface area is 61.3 Å². The van der Waals surface area contributed by atoms with Gasteiger partial charge in [0.05, 0.1) is 0 Å². The van der Waals surface area contributed by atoms with E-state index < -0.39 is 0 Å². The number of benzene rings is 1. The van der Waals surface area contributed by atoms with Crippen LogP contribution in [0.1, 0.15) is 0 Å². The van der Waals surface area contributed by atoms with Crippen molar-refractivity contribution < 1.29 is 0 Å². The Morgan fingerprint density at radius 3 is 2.67 bits per heavy atom. The van der Waals surface area contributed by atoms with Gasteiger partial charge in [-0.2, -0.15) is 0 Å². The monoisotopic (exact) mass is 183 g/mol. The molecule has 0 atom stereocenters. The van der Waals surface area contributed by atoms with Crippen molar-refractivity contribution in [2.24, 2.45) is 0 Å². The van der Waals surface area contributed by atoms with Crippen LogP contribution in [0.2, 0.25) is 0 Å². The maximum Gasteiger partial charge on any atom is 0.386 e. The van der Waals surface area contributed by atoms with Gasteiger partial charge in [0.2, 0.25) is 5.39 Å². The van der Waals surface area contributed by atoms with Crippen LogP contribution in [-0.2, 0) is 0 Å². The molecule has 0 aliphatic rings. The molecule has 0 amide bonds. The first-order valence-electron chi connectivity index (χ1n) is 2.43. The van der Waals surface area contributed by atoms with Crippen molar-refractivity contribution in [2.45, 2.75) is 0 Å². The number of halogens is 1. The van der Waals surface area contributed by atoms with Crippen LogP contribution in [0.4, 0.5) is 5.69 Å². The summed E-state index contributed by atoms with van der Waals surface area (Å²) in [5, 5.41) is 8.27. The summed E-state index contributed by atoms with van der Waals surface area (Å²) in [5.41, 5.74) is 0.560. The SMILES string of the molecule is N#[N+]c1cccc(Br)c1. The molecule has 0 saturated carbocycles. The van der Waals surface area contributed by atoms with E-state index in [-0.39, 0.29) is 0 Å². The van der Waals surface area contributed by atoms with Crippen LogP contribution >= 0.6 is 15.9 Å². The molecule has 1 aromatic carbocycles. The number of diazo groups is 1. The van der Waals surface area contributed by atoms with Crippen molar-refractivity contribution in [1.82, 2.24) is 0 Å². The number of hydrogen-bond donors (Lipinski definition) is 0. The molecule has 0 aliphatic heterocycles. The molecule has 3 heteroatoms. The zero-order chi connectivity index (χ0) is 6.69. The smallest absolute Gasteiger partial charge is 0.0531 e. The molecule has 0 saturated heterocycles. The molecular weight excluding hydrogens is 180 g/mol. The van der Waals surface area contributed by atoms with Crippen molar-refractivity contribution >= 4 is 21.6 Å². The highest BCUT2D eigenvalue weighted by Crippen LogP contribution is 2.17. The minimum Gasteiger partial charge on any atom is -0.0531 e. The second-order valence-electron chi connectivity index (χ2n) is 1.58. The average Bonchev–Trinajstić information content (AvgIpc) is 1.88. The van der Waals surface area contributed by atoms with E-state index in [0.717, 1.165) is 4.47 Å². The Bertz CT molecular complexity index is 251. The molecule has 2 nitrogen and oxygen atoms in total. The van der Waals surface area contributed by atoms with E-state index in [1.54, 1.807) is 18.2 Å². The van der Waals surface area contributed by atoms with E-state index in [4.69, 9.17) is 5.39 Å². The van der Waals surface area contributed by atoms with Crippen LogP contribution in [0.15, 0.2) is 28.7 Å². The summed E-state index contributed by atoms with van der Waals surface area (Å²) in [4.78, 5) is 3.00. The van der Waals surface area contributed by atoms with Gasteiger partial charge in [0.1, 0.15) is 0 Å². The van der Waals surface area contributed by atoms with Crippen LogP contribution in [0.3, 0.4) is 0 Å². The van der Waals surface area contributed by atoms with Gasteiger partial charge in [0, 0.05) is 16.6 Å². The highest BCUT2D eigenvalue weighted by molar-refractivity contribution is 9.10. The van der Waals surface area contributed by atoms with Crippen molar-refractivity contribution in [3.05, 3.63) is 33.7 Å². The van der Waals surface area contributed by atoms with Crippen LogP contribution in [0, 0.1) is 5.39 Å². The molecule has 9 heavy (non-hydrogen) atoms. The molecule has 0 aromatic heterocycles. The summed E-state index contributed by atoms with van der Waals surface area (Å²) >= 11 is 3.23. The molecule has 0 bridgehead atoms. The molecule has 0 fully saturated rings. The van der Waals surface area contributed by atoms with Gasteiger partial charge in [-0.1, -0.05) is 22.0 Å². The first-order valence-corrected chi connectivity index (χ1v) is 3.23. The van der Waals surface area contributed by atoms with Gasteiger partial charge < -0.3 is 0 Å². The summed E-state index contributed by atoms with van der Waals surface area (Å²) in [6, 6.07) is 7.11. The minimum absolute atomic E-state index is 0.560. The Morgan fingerprint density at radius 1 is 1.44 bits per heavy atom. The Hall–Kier alpha value is -0.880. The van der Waals surface area contributed by atoms with Crippen LogP contribution in [0.25, 0.3) is 4.98 Å². The van der Waals surface area contributed by atoms with E-state index in [1.165, 1.54) is 0 Å². The summed E-state index contributed by atoms with van der Waals surface area (Å²) in [6.07, 6.45) is 0. The first-order chi connectivity index (χ1) is 4.33. The molecule has 1 aromatic rings. The first kappa shape index (κ1) is 6.24. The van der Waals surface area contributed by atoms with Gasteiger partial charge in [-0.05, 0) is 6.07 Å². The topological polar surface area (TPSA) is 28.1 Å². The zero-order valence-electron chi connectivity index (χ0n) is 4.58. The predicted molar refractivity (Wildman–Crippen MR) is 38.9 cm³/mol. The Morgan fingerprint density at radius 2 is 2.22 bits per heavy atom. The lowest BCUT2D eigenvalue weighted by atomic mass is 10.3. The molecule has 0 N–H and O–H groups in total. The van der Waals surface area contributed by atoms with Crippen LogP contribution < -0.4 is 0 Å². The fourth-order valence-corrected chi connectivity index (χ4v) is 0.925. The quantitative estimate of drug-likeness (QED) is 0.569. The number of nitrogens with zero attached hydrogens (tertiary/aromatic N) is 2. The lowest BCUT2D eigenvalue weighted by Gasteiger charge is -1.79. The van der Waals surface area contributed by atoms with Gasteiger partial charge in [0.25, 0.3) is 0 Å². The maximum absolute atomic E-state index is 8.27. The molecule has 0 unspecified atom stereocenters. The lowest BCUT2D eigenvalue weighted by Crippen LogP contribution is -1.60. The van der Waals surface area contributed by atoms with Gasteiger partial charge in [-0.3, -0.25) is 0 Å². The van der Waals surface area contributed by atoms with Gasteiger partial charge in [0.15, 0.2) is 4.98 Å². The molecule has 0 aliphatic carbocycles. The second kappa shape index (κ2) is 2.60. The third-order valence-corrected chi connectivity index (χ3v) is 1.42. The van der Waals surface area contributed by atoms with Gasteiger partial charge in [-0.15, -0.1) is 0 Å². The largest absolute Gasteiger partial charge is 0.386 e. The van der Waals surface area contributed by atoms with Crippen LogP contribution in [-0.4, -0.2) is 0 Å². The van der Waals surface area contributed by atoms with Gasteiger partial charge >= 0.3 is 5.69 Å². The zero-order valence-corrected chi connectivity index (χ0v) is 6.17. The average molecular weight is 184 g/mol. The highest BCUT2D eigenvalue weighted by atomic mass is 79.9. The molecule has 1 rings (SSSR count). The molecule has 44 valence electrons. The predicted octanol–water partition coefficient (Wildman–Crippen LogP) is 2.93. The van der Waals surface area contributed by atoms with Crippen molar-refractivity contribution in [1.29, 1.82) is 5.39 Å². The minimum atomic E-state index is 0.560. The maximum atomic E-state index is 8.27. The van der Waals surface area contributed by atoms with Crippen molar-refractivity contribution in [2.75, 3.05) is 0 Å². The fraction of sp³-hybridized carbons (Fsp3) is 0. The normalized spacial score (nSPS) is 8.44. The van der Waals surface area contributed by atoms with Crippen molar-refractivity contribution in [3.8, 4) is 0 Å². The van der Waals surface area contributed by atoms with E-state index in [1.807, 2.05) is 6.07 Å². The lowest BCUT2D eigenvalue weighted by molar-refractivity contribution is 1.46. The van der Waals surface area contributed by atoms with Crippen molar-refractivity contribution in [3.63, 3.8) is 0 Å². The summed E-state index contributed by atoms with van der Waals surface area (Å²) in [6.45, 7) is 0. The van der Waals surface area contributed by atoms with Crippen LogP contribution in [0.5, 0.6) is 0 Å². The Balaban J connectivity index is 3.12. The summed E-state index contributed by atoms with van der Waals surface area (Å²) < 4.78 is 0.915.